The highest BCUT2D eigenvalue weighted by Crippen LogP contribution is 2.45. The van der Waals surface area contributed by atoms with E-state index in [1.165, 1.54) is 0 Å². The normalized spacial score (nSPS) is 13.0. The fourth-order valence-electron chi connectivity index (χ4n) is 0.900. The highest BCUT2D eigenvalue weighted by molar-refractivity contribution is 6.35. The van der Waals surface area contributed by atoms with Gasteiger partial charge in [-0.3, -0.25) is 0 Å². The van der Waals surface area contributed by atoms with Crippen molar-refractivity contribution in [2.75, 3.05) is 0 Å². The molecule has 0 aromatic heterocycles. The fraction of sp³-hybridized carbons (Fsp3) is 0.250. The number of hydrogen-bond donors (Lipinski definition) is 0. The first-order chi connectivity index (χ1) is 7.07. The lowest BCUT2D eigenvalue weighted by atomic mass is 10.1. The Morgan fingerprint density at radius 2 is 1.25 bits per heavy atom. The van der Waals surface area contributed by atoms with Crippen molar-refractivity contribution in [2.45, 2.75) is 12.1 Å². The average molecular weight is 283 g/mol. The topological polar surface area (TPSA) is 0 Å². The van der Waals surface area contributed by atoms with Crippen molar-refractivity contribution in [1.82, 2.24) is 0 Å². The molecule has 0 spiro atoms. The van der Waals surface area contributed by atoms with E-state index >= 15 is 0 Å². The summed E-state index contributed by atoms with van der Waals surface area (Å²) >= 11 is 10.2. The molecule has 0 nitrogen and oxygen atoms in total. The van der Waals surface area contributed by atoms with Gasteiger partial charge in [-0.2, -0.15) is 22.0 Å². The van der Waals surface area contributed by atoms with E-state index in [1.54, 1.807) is 0 Å². The minimum absolute atomic E-state index is 0.191. The van der Waals surface area contributed by atoms with Crippen LogP contribution in [0.3, 0.4) is 0 Å². The number of alkyl halides is 5. The summed E-state index contributed by atoms with van der Waals surface area (Å²) in [4.78, 5) is 0. The first-order valence-electron chi connectivity index (χ1n) is 3.67. The number of benzene rings is 1. The molecule has 0 aliphatic heterocycles. The fourth-order valence-corrected chi connectivity index (χ4v) is 1.39. The van der Waals surface area contributed by atoms with Crippen molar-refractivity contribution in [1.29, 1.82) is 0 Å². The van der Waals surface area contributed by atoms with Gasteiger partial charge in [0.2, 0.25) is 0 Å². The Hall–Kier alpha value is -0.620. The molecule has 0 saturated carbocycles. The number of halogens is 8. The Kier molecular flexibility index (Phi) is 3.36. The zero-order chi connectivity index (χ0) is 12.7. The molecule has 0 aliphatic carbocycles. The molecule has 90 valence electrons. The third-order valence-corrected chi connectivity index (χ3v) is 2.25. The quantitative estimate of drug-likeness (QED) is 0.513. The van der Waals surface area contributed by atoms with E-state index in [4.69, 9.17) is 23.2 Å². The molecule has 16 heavy (non-hydrogen) atoms. The van der Waals surface area contributed by atoms with Crippen LogP contribution in [-0.4, -0.2) is 6.18 Å². The number of hydrogen-bond acceptors (Lipinski definition) is 0. The van der Waals surface area contributed by atoms with Crippen molar-refractivity contribution >= 4 is 23.2 Å². The summed E-state index contributed by atoms with van der Waals surface area (Å²) in [7, 11) is 0. The maximum atomic E-state index is 12.8. The Morgan fingerprint density at radius 3 is 1.56 bits per heavy atom. The van der Waals surface area contributed by atoms with E-state index in [9.17, 15) is 26.3 Å². The van der Waals surface area contributed by atoms with Crippen LogP contribution in [0.1, 0.15) is 5.56 Å². The zero-order valence-corrected chi connectivity index (χ0v) is 8.69. The average Bonchev–Trinajstić information content (AvgIpc) is 2.11. The SMILES string of the molecule is Fc1c(Cl)cc(C(F)(F)C(F)(F)F)cc1Cl. The second-order valence-corrected chi connectivity index (χ2v) is 3.64. The summed E-state index contributed by atoms with van der Waals surface area (Å²) in [6.07, 6.45) is -5.79. The minimum Gasteiger partial charge on any atom is -0.204 e. The summed E-state index contributed by atoms with van der Waals surface area (Å²) < 4.78 is 74.2. The smallest absolute Gasteiger partial charge is 0.204 e. The summed E-state index contributed by atoms with van der Waals surface area (Å²) in [6.45, 7) is 0. The van der Waals surface area contributed by atoms with Crippen LogP contribution in [0, 0.1) is 5.82 Å². The van der Waals surface area contributed by atoms with Crippen molar-refractivity contribution in [3.8, 4) is 0 Å². The molecule has 0 heterocycles. The van der Waals surface area contributed by atoms with Gasteiger partial charge in [0.05, 0.1) is 10.0 Å². The van der Waals surface area contributed by atoms with Crippen LogP contribution in [0.25, 0.3) is 0 Å². The Morgan fingerprint density at radius 1 is 0.875 bits per heavy atom. The third-order valence-electron chi connectivity index (χ3n) is 1.70. The minimum atomic E-state index is -5.79. The lowest BCUT2D eigenvalue weighted by Crippen LogP contribution is -2.33. The molecule has 8 heteroatoms. The largest absolute Gasteiger partial charge is 0.458 e. The van der Waals surface area contributed by atoms with Gasteiger partial charge in [-0.05, 0) is 12.1 Å². The van der Waals surface area contributed by atoms with E-state index in [1.807, 2.05) is 0 Å². The van der Waals surface area contributed by atoms with Gasteiger partial charge in [0.1, 0.15) is 0 Å². The molecule has 0 saturated heterocycles. The Bertz CT molecular complexity index is 388. The molecule has 0 unspecified atom stereocenters. The second kappa shape index (κ2) is 4.00. The monoisotopic (exact) mass is 282 g/mol. The van der Waals surface area contributed by atoms with Crippen LogP contribution in [0.2, 0.25) is 10.0 Å². The molecule has 0 radical (unpaired) electrons. The van der Waals surface area contributed by atoms with Crippen molar-refractivity contribution in [2.24, 2.45) is 0 Å². The summed E-state index contributed by atoms with van der Waals surface area (Å²) in [6, 6.07) is 0.381. The molecule has 1 rings (SSSR count). The lowest BCUT2D eigenvalue weighted by molar-refractivity contribution is -0.289. The Labute approximate surface area is 95.8 Å². The van der Waals surface area contributed by atoms with Crippen molar-refractivity contribution in [3.05, 3.63) is 33.6 Å². The van der Waals surface area contributed by atoms with E-state index < -0.39 is 33.5 Å². The van der Waals surface area contributed by atoms with Crippen LogP contribution in [-0.2, 0) is 5.92 Å². The van der Waals surface area contributed by atoms with Gasteiger partial charge in [-0.1, -0.05) is 23.2 Å². The third kappa shape index (κ3) is 2.22. The first kappa shape index (κ1) is 13.4. The van der Waals surface area contributed by atoms with Gasteiger partial charge in [0.25, 0.3) is 0 Å². The van der Waals surface area contributed by atoms with Gasteiger partial charge in [-0.15, -0.1) is 0 Å². The molecule has 0 fully saturated rings. The maximum absolute atomic E-state index is 12.8. The second-order valence-electron chi connectivity index (χ2n) is 2.83. The van der Waals surface area contributed by atoms with Crippen LogP contribution >= 0.6 is 23.2 Å². The summed E-state index contributed by atoms with van der Waals surface area (Å²) in [5, 5.41) is -1.79. The van der Waals surface area contributed by atoms with E-state index in [0.717, 1.165) is 0 Å². The Balaban J connectivity index is 3.35. The van der Waals surface area contributed by atoms with E-state index in [2.05, 4.69) is 0 Å². The van der Waals surface area contributed by atoms with Crippen LogP contribution < -0.4 is 0 Å². The first-order valence-corrected chi connectivity index (χ1v) is 4.42. The lowest BCUT2D eigenvalue weighted by Gasteiger charge is -2.20. The van der Waals surface area contributed by atoms with E-state index in [0.29, 0.717) is 0 Å². The molecule has 0 amide bonds. The van der Waals surface area contributed by atoms with Crippen molar-refractivity contribution in [3.63, 3.8) is 0 Å². The molecule has 0 N–H and O–H groups in total. The molecular weight excluding hydrogens is 281 g/mol. The van der Waals surface area contributed by atoms with Gasteiger partial charge in [-0.25, -0.2) is 4.39 Å². The van der Waals surface area contributed by atoms with Gasteiger partial charge < -0.3 is 0 Å². The molecular formula is C8H2Cl2F6. The molecule has 0 bridgehead atoms. The van der Waals surface area contributed by atoms with E-state index in [-0.39, 0.29) is 12.1 Å². The van der Waals surface area contributed by atoms with Gasteiger partial charge in [0.15, 0.2) is 5.82 Å². The molecule has 1 aromatic rings. The van der Waals surface area contributed by atoms with Gasteiger partial charge in [0, 0.05) is 5.56 Å². The maximum Gasteiger partial charge on any atom is 0.458 e. The predicted octanol–water partition coefficient (Wildman–Crippen LogP) is 4.79. The van der Waals surface area contributed by atoms with Gasteiger partial charge >= 0.3 is 12.1 Å². The highest BCUT2D eigenvalue weighted by Gasteiger charge is 2.58. The standard InChI is InChI=1S/C8H2Cl2F6/c9-4-1-3(2-5(10)6(4)11)7(12,13)8(14,15)16/h1-2H. The molecule has 0 aliphatic rings. The predicted molar refractivity (Wildman–Crippen MR) is 46.4 cm³/mol. The molecule has 0 atom stereocenters. The summed E-state index contributed by atoms with van der Waals surface area (Å²) in [5.41, 5.74) is -1.50. The zero-order valence-electron chi connectivity index (χ0n) is 7.18. The van der Waals surface area contributed by atoms with Crippen molar-refractivity contribution < 1.29 is 26.3 Å². The van der Waals surface area contributed by atoms with Crippen LogP contribution in [0.4, 0.5) is 26.3 Å². The van der Waals surface area contributed by atoms with Crippen LogP contribution in [0.5, 0.6) is 0 Å². The van der Waals surface area contributed by atoms with Crippen LogP contribution in [0.15, 0.2) is 12.1 Å². The molecule has 1 aromatic carbocycles. The number of rotatable bonds is 1. The summed E-state index contributed by atoms with van der Waals surface area (Å²) in [5.74, 6) is -6.38. The highest BCUT2D eigenvalue weighted by atomic mass is 35.5.